The Morgan fingerprint density at radius 1 is 1.19 bits per heavy atom. The number of benzene rings is 1. The van der Waals surface area contributed by atoms with Crippen LogP contribution >= 0.6 is 11.8 Å². The summed E-state index contributed by atoms with van der Waals surface area (Å²) in [6.45, 7) is -0.644. The van der Waals surface area contributed by atoms with Crippen molar-refractivity contribution in [3.63, 3.8) is 0 Å². The van der Waals surface area contributed by atoms with E-state index in [-0.39, 0.29) is 30.3 Å². The van der Waals surface area contributed by atoms with Gasteiger partial charge in [-0.15, -0.1) is 0 Å². The summed E-state index contributed by atoms with van der Waals surface area (Å²) in [5, 5.41) is 1.98. The van der Waals surface area contributed by atoms with E-state index < -0.39 is 35.5 Å². The van der Waals surface area contributed by atoms with E-state index >= 15 is 0 Å². The Hall–Kier alpha value is -2.56. The summed E-state index contributed by atoms with van der Waals surface area (Å²) in [5.74, 6) is -1.90. The number of carbonyl (C=O) groups excluding carboxylic acids is 4. The van der Waals surface area contributed by atoms with Gasteiger partial charge in [-0.2, -0.15) is 13.2 Å². The standard InChI is InChI=1S/C15H13F3N2O5S/c16-15(17,18)10-3-1-9(2-4-10)13(23)25-7-11(21)19-5-6-20-12(22)8-26-14(20)24/h1-4H,5-8H2,(H,19,21). The summed E-state index contributed by atoms with van der Waals surface area (Å²) in [5.41, 5.74) is -1.04. The van der Waals surface area contributed by atoms with E-state index in [2.05, 4.69) is 5.32 Å². The number of nitrogens with zero attached hydrogens (tertiary/aromatic N) is 1. The van der Waals surface area contributed by atoms with Crippen molar-refractivity contribution >= 4 is 34.8 Å². The summed E-state index contributed by atoms with van der Waals surface area (Å²) >= 11 is 0.872. The summed E-state index contributed by atoms with van der Waals surface area (Å²) in [4.78, 5) is 46.9. The molecule has 3 amide bonds. The van der Waals surface area contributed by atoms with E-state index in [1.54, 1.807) is 0 Å². The van der Waals surface area contributed by atoms with Crippen LogP contribution in [-0.4, -0.2) is 53.4 Å². The molecule has 0 atom stereocenters. The third-order valence-electron chi connectivity index (χ3n) is 3.28. The molecule has 2 rings (SSSR count). The van der Waals surface area contributed by atoms with Gasteiger partial charge in [0.2, 0.25) is 5.91 Å². The quantitative estimate of drug-likeness (QED) is 0.743. The van der Waals surface area contributed by atoms with Gasteiger partial charge in [-0.1, -0.05) is 11.8 Å². The molecule has 1 aromatic carbocycles. The van der Waals surface area contributed by atoms with Crippen LogP contribution in [0, 0.1) is 0 Å². The number of halogens is 3. The molecule has 0 unspecified atom stereocenters. The molecule has 11 heteroatoms. The Kier molecular flexibility index (Phi) is 6.24. The molecule has 140 valence electrons. The molecule has 1 aromatic rings. The minimum absolute atomic E-state index is 0.00323. The van der Waals surface area contributed by atoms with Crippen LogP contribution in [-0.2, 0) is 20.5 Å². The number of esters is 1. The van der Waals surface area contributed by atoms with Crippen LogP contribution in [0.3, 0.4) is 0 Å². The second-order valence-corrected chi connectivity index (χ2v) is 6.03. The summed E-state index contributed by atoms with van der Waals surface area (Å²) < 4.78 is 42.0. The van der Waals surface area contributed by atoms with E-state index in [1.807, 2.05) is 0 Å². The second kappa shape index (κ2) is 8.21. The fourth-order valence-corrected chi connectivity index (χ4v) is 2.72. The zero-order valence-corrected chi connectivity index (χ0v) is 14.0. The highest BCUT2D eigenvalue weighted by molar-refractivity contribution is 8.14. The Bertz CT molecular complexity index is 705. The summed E-state index contributed by atoms with van der Waals surface area (Å²) in [6, 6.07) is 3.37. The number of imide groups is 1. The van der Waals surface area contributed by atoms with Gasteiger partial charge in [-0.05, 0) is 24.3 Å². The molecule has 1 heterocycles. The third kappa shape index (κ3) is 5.22. The predicted octanol–water partition coefficient (Wildman–Crippen LogP) is 1.67. The maximum Gasteiger partial charge on any atom is 0.416 e. The van der Waals surface area contributed by atoms with Crippen molar-refractivity contribution in [1.29, 1.82) is 0 Å². The van der Waals surface area contributed by atoms with E-state index in [0.29, 0.717) is 0 Å². The molecule has 0 radical (unpaired) electrons. The van der Waals surface area contributed by atoms with Gasteiger partial charge in [0.25, 0.3) is 11.1 Å². The fraction of sp³-hybridized carbons (Fsp3) is 0.333. The SMILES string of the molecule is O=C(COC(=O)c1ccc(C(F)(F)F)cc1)NCCN1C(=O)CSC1=O. The van der Waals surface area contributed by atoms with Gasteiger partial charge in [0.05, 0.1) is 16.9 Å². The largest absolute Gasteiger partial charge is 0.452 e. The molecule has 0 bridgehead atoms. The van der Waals surface area contributed by atoms with E-state index in [4.69, 9.17) is 4.74 Å². The molecule has 7 nitrogen and oxygen atoms in total. The molecular formula is C15H13F3N2O5S. The molecule has 1 aliphatic rings. The molecule has 0 aliphatic carbocycles. The Balaban J connectivity index is 1.74. The van der Waals surface area contributed by atoms with Crippen molar-refractivity contribution < 1.29 is 37.1 Å². The van der Waals surface area contributed by atoms with Crippen LogP contribution in [0.15, 0.2) is 24.3 Å². The number of amides is 3. The topological polar surface area (TPSA) is 92.8 Å². The number of carbonyl (C=O) groups is 4. The number of ether oxygens (including phenoxy) is 1. The average Bonchev–Trinajstić information content (AvgIpc) is 2.91. The highest BCUT2D eigenvalue weighted by Gasteiger charge is 2.30. The highest BCUT2D eigenvalue weighted by atomic mass is 32.2. The van der Waals surface area contributed by atoms with Crippen molar-refractivity contribution in [2.45, 2.75) is 6.18 Å². The van der Waals surface area contributed by atoms with E-state index in [0.717, 1.165) is 40.9 Å². The first-order chi connectivity index (χ1) is 12.2. The number of rotatable bonds is 6. The molecule has 0 aromatic heterocycles. The van der Waals surface area contributed by atoms with Gasteiger partial charge in [-0.25, -0.2) is 4.79 Å². The van der Waals surface area contributed by atoms with E-state index in [1.165, 1.54) is 0 Å². The lowest BCUT2D eigenvalue weighted by Gasteiger charge is -2.13. The third-order valence-corrected chi connectivity index (χ3v) is 4.14. The van der Waals surface area contributed by atoms with Crippen LogP contribution < -0.4 is 5.32 Å². The molecule has 1 aliphatic heterocycles. The maximum absolute atomic E-state index is 12.4. The van der Waals surface area contributed by atoms with Gasteiger partial charge in [0, 0.05) is 13.1 Å². The van der Waals surface area contributed by atoms with Crippen LogP contribution in [0.25, 0.3) is 0 Å². The number of nitrogens with one attached hydrogen (secondary N) is 1. The lowest BCUT2D eigenvalue weighted by Crippen LogP contribution is -2.38. The minimum atomic E-state index is -4.51. The van der Waals surface area contributed by atoms with Gasteiger partial charge in [-0.3, -0.25) is 19.3 Å². The number of hydrogen-bond donors (Lipinski definition) is 1. The van der Waals surface area contributed by atoms with E-state index in [9.17, 15) is 32.3 Å². The van der Waals surface area contributed by atoms with Crippen molar-refractivity contribution in [3.8, 4) is 0 Å². The molecular weight excluding hydrogens is 377 g/mol. The van der Waals surface area contributed by atoms with Crippen LogP contribution in [0.2, 0.25) is 0 Å². The monoisotopic (exact) mass is 390 g/mol. The molecule has 0 saturated carbocycles. The number of hydrogen-bond acceptors (Lipinski definition) is 6. The Morgan fingerprint density at radius 2 is 1.85 bits per heavy atom. The molecule has 1 fully saturated rings. The zero-order chi connectivity index (χ0) is 19.3. The Morgan fingerprint density at radius 3 is 2.38 bits per heavy atom. The van der Waals surface area contributed by atoms with Gasteiger partial charge in [0.15, 0.2) is 6.61 Å². The molecule has 1 saturated heterocycles. The fourth-order valence-electron chi connectivity index (χ4n) is 1.96. The number of alkyl halides is 3. The molecule has 1 N–H and O–H groups in total. The Labute approximate surface area is 149 Å². The second-order valence-electron chi connectivity index (χ2n) is 5.10. The maximum atomic E-state index is 12.4. The summed E-state index contributed by atoms with van der Waals surface area (Å²) in [6.07, 6.45) is -4.51. The van der Waals surface area contributed by atoms with Crippen LogP contribution in [0.5, 0.6) is 0 Å². The lowest BCUT2D eigenvalue weighted by molar-refractivity contribution is -0.137. The first-order valence-corrected chi connectivity index (χ1v) is 8.25. The molecule has 26 heavy (non-hydrogen) atoms. The lowest BCUT2D eigenvalue weighted by atomic mass is 10.1. The van der Waals surface area contributed by atoms with Crippen LogP contribution in [0.1, 0.15) is 15.9 Å². The van der Waals surface area contributed by atoms with Crippen molar-refractivity contribution in [3.05, 3.63) is 35.4 Å². The first-order valence-electron chi connectivity index (χ1n) is 7.26. The van der Waals surface area contributed by atoms with Crippen molar-refractivity contribution in [1.82, 2.24) is 10.2 Å². The zero-order valence-electron chi connectivity index (χ0n) is 13.2. The minimum Gasteiger partial charge on any atom is -0.452 e. The average molecular weight is 390 g/mol. The van der Waals surface area contributed by atoms with Gasteiger partial charge in [0.1, 0.15) is 0 Å². The van der Waals surface area contributed by atoms with Gasteiger partial charge < -0.3 is 10.1 Å². The first kappa shape index (κ1) is 19.8. The van der Waals surface area contributed by atoms with Crippen LogP contribution in [0.4, 0.5) is 18.0 Å². The highest BCUT2D eigenvalue weighted by Crippen LogP contribution is 2.29. The van der Waals surface area contributed by atoms with Gasteiger partial charge >= 0.3 is 12.1 Å². The predicted molar refractivity (Wildman–Crippen MR) is 84.3 cm³/mol. The normalized spacial score (nSPS) is 14.5. The van der Waals surface area contributed by atoms with Crippen molar-refractivity contribution in [2.24, 2.45) is 0 Å². The number of thioether (sulfide) groups is 1. The summed E-state index contributed by atoms with van der Waals surface area (Å²) in [7, 11) is 0. The smallest absolute Gasteiger partial charge is 0.416 e. The molecule has 0 spiro atoms. The van der Waals surface area contributed by atoms with Crippen molar-refractivity contribution in [2.75, 3.05) is 25.4 Å².